The smallest absolute Gasteiger partial charge is 0.0468 e. The number of benzene rings is 19. The van der Waals surface area contributed by atoms with E-state index in [1.54, 1.807) is 0 Å². The van der Waals surface area contributed by atoms with Gasteiger partial charge in [-0.1, -0.05) is 271 Å². The van der Waals surface area contributed by atoms with Crippen molar-refractivity contribution in [2.75, 3.05) is 34.3 Å². The number of hydrogen-bond donors (Lipinski definition) is 0. The number of aryl methyl sites for hydroxylation is 3. The summed E-state index contributed by atoms with van der Waals surface area (Å²) in [5.74, 6) is 0. The first-order valence-electron chi connectivity index (χ1n) is 41.5. The van der Waals surface area contributed by atoms with Crippen LogP contribution in [0.4, 0.5) is 119 Å². The molecule has 0 saturated heterocycles. The molecule has 0 N–H and O–H groups in total. The fourth-order valence-corrected chi connectivity index (χ4v) is 15.6. The lowest BCUT2D eigenvalue weighted by atomic mass is 10.0. The van der Waals surface area contributed by atoms with Crippen molar-refractivity contribution in [2.45, 2.75) is 20.8 Å². The second kappa shape index (κ2) is 38.0. The quantitative estimate of drug-likeness (QED) is 0.0666. The zero-order chi connectivity index (χ0) is 82.6. The van der Waals surface area contributed by atoms with Crippen LogP contribution in [0.15, 0.2) is 510 Å². The van der Waals surface area contributed by atoms with E-state index in [9.17, 15) is 0 Å². The van der Waals surface area contributed by atoms with Gasteiger partial charge >= 0.3 is 0 Å². The first-order chi connectivity index (χ1) is 60.3. The predicted molar refractivity (Wildman–Crippen MR) is 519 cm³/mol. The van der Waals surface area contributed by atoms with Gasteiger partial charge in [0, 0.05) is 119 Å². The molecule has 0 aromatic heterocycles. The lowest BCUT2D eigenvalue weighted by Gasteiger charge is -2.29. The van der Waals surface area contributed by atoms with E-state index < -0.39 is 0 Å². The lowest BCUT2D eigenvalue weighted by Crippen LogP contribution is -2.13. The fourth-order valence-electron chi connectivity index (χ4n) is 15.6. The fraction of sp³-hybridized carbons (Fsp3) is 0.0261. The van der Waals surface area contributed by atoms with Gasteiger partial charge in [-0.3, -0.25) is 0 Å². The van der Waals surface area contributed by atoms with Gasteiger partial charge in [0.25, 0.3) is 0 Å². The van der Waals surface area contributed by atoms with Crippen molar-refractivity contribution >= 4 is 130 Å². The predicted octanol–water partition coefficient (Wildman–Crippen LogP) is 33.1. The van der Waals surface area contributed by atoms with Crippen molar-refractivity contribution in [3.8, 4) is 11.1 Å². The molecule has 0 aliphatic heterocycles. The third kappa shape index (κ3) is 18.5. The zero-order valence-electron chi connectivity index (χ0n) is 68.6. The van der Waals surface area contributed by atoms with Gasteiger partial charge in [0.1, 0.15) is 0 Å². The van der Waals surface area contributed by atoms with E-state index in [0.29, 0.717) is 0 Å². The molecule has 122 heavy (non-hydrogen) atoms. The Morgan fingerprint density at radius 1 is 0.107 bits per heavy atom. The number of para-hydroxylation sites is 9. The molecule has 7 nitrogen and oxygen atoms in total. The highest BCUT2D eigenvalue weighted by molar-refractivity contribution is 5.91. The maximum atomic E-state index is 2.32. The summed E-state index contributed by atoms with van der Waals surface area (Å²) in [6, 6.07) is 180. The van der Waals surface area contributed by atoms with Crippen molar-refractivity contribution in [1.29, 1.82) is 0 Å². The summed E-state index contributed by atoms with van der Waals surface area (Å²) < 4.78 is 0. The molecule has 0 amide bonds. The Bertz CT molecular complexity index is 6200. The summed E-state index contributed by atoms with van der Waals surface area (Å²) >= 11 is 0. The van der Waals surface area contributed by atoms with Gasteiger partial charge in [-0.05, 0) is 297 Å². The monoisotopic (exact) mass is 1570 g/mol. The zero-order valence-corrected chi connectivity index (χ0v) is 68.6. The first kappa shape index (κ1) is 78.6. The van der Waals surface area contributed by atoms with Crippen LogP contribution in [0, 0.1) is 20.8 Å². The molecule has 7 heteroatoms. The second-order valence-electron chi connectivity index (χ2n) is 30.0. The molecule has 588 valence electrons. The van der Waals surface area contributed by atoms with Crippen LogP contribution in [0.25, 0.3) is 21.9 Å². The van der Waals surface area contributed by atoms with Crippen LogP contribution < -0.4 is 34.3 Å². The molecule has 19 aromatic rings. The molecule has 0 aliphatic carbocycles. The number of hydrogen-bond acceptors (Lipinski definition) is 7. The van der Waals surface area contributed by atoms with Crippen LogP contribution >= 0.6 is 0 Å². The molecule has 0 saturated carbocycles. The number of nitrogens with zero attached hydrogens (tertiary/aromatic N) is 7. The first-order valence-corrected chi connectivity index (χ1v) is 41.5. The molecule has 19 rings (SSSR count). The van der Waals surface area contributed by atoms with Gasteiger partial charge < -0.3 is 34.3 Å². The number of anilines is 21. The van der Waals surface area contributed by atoms with E-state index in [2.05, 4.69) is 565 Å². The summed E-state index contributed by atoms with van der Waals surface area (Å²) in [5.41, 5.74) is 29.6. The highest BCUT2D eigenvalue weighted by atomic mass is 15.2. The third-order valence-corrected chi connectivity index (χ3v) is 21.7. The van der Waals surface area contributed by atoms with Crippen molar-refractivity contribution in [3.63, 3.8) is 0 Å². The summed E-state index contributed by atoms with van der Waals surface area (Å²) in [7, 11) is 0. The molecule has 19 aromatic carbocycles. The van der Waals surface area contributed by atoms with Gasteiger partial charge in [0.2, 0.25) is 0 Å². The van der Waals surface area contributed by atoms with Crippen molar-refractivity contribution in [2.24, 2.45) is 0 Å². The third-order valence-electron chi connectivity index (χ3n) is 21.7. The minimum Gasteiger partial charge on any atom is -0.311 e. The van der Waals surface area contributed by atoms with Crippen LogP contribution in [0.3, 0.4) is 0 Å². The van der Waals surface area contributed by atoms with Crippen LogP contribution in [0.5, 0.6) is 0 Å². The Labute approximate surface area is 718 Å². The molecule has 0 atom stereocenters. The van der Waals surface area contributed by atoms with Crippen LogP contribution in [-0.4, -0.2) is 0 Å². The van der Waals surface area contributed by atoms with E-state index in [0.717, 1.165) is 119 Å². The van der Waals surface area contributed by atoms with Gasteiger partial charge in [0.15, 0.2) is 0 Å². The Hall–Kier alpha value is -16.0. The van der Waals surface area contributed by atoms with E-state index in [-0.39, 0.29) is 0 Å². The second-order valence-corrected chi connectivity index (χ2v) is 30.0. The van der Waals surface area contributed by atoms with Gasteiger partial charge in [-0.2, -0.15) is 0 Å². The Balaban J connectivity index is 0.000000132. The average molecular weight is 1570 g/mol. The highest BCUT2D eigenvalue weighted by Crippen LogP contribution is 2.45. The van der Waals surface area contributed by atoms with Gasteiger partial charge in [-0.25, -0.2) is 0 Å². The van der Waals surface area contributed by atoms with Crippen molar-refractivity contribution < 1.29 is 0 Å². The maximum absolute atomic E-state index is 2.32. The normalized spacial score (nSPS) is 10.7. The SMILES string of the molecule is Cc1ccc(N(c2ccc(N(c3ccccc3)c3ccccc3)cc2)c2ccc(N(c3ccccc3)c3ccccc3)cc2)cc1.Cc1ccc(N(c2ccccc2)c2ccc(-c3ccc(N(c4ccccc4)c4ccc5ccccc5c4)cc3)cc2)cc1.Cc1ccc(N(c2ccccc2)c2ccc(N(c3ccccc3)c3ccccc3)cc2)cc1. The Morgan fingerprint density at radius 3 is 0.426 bits per heavy atom. The number of fused-ring (bicyclic) bond motifs is 1. The minimum atomic E-state index is 1.09. The lowest BCUT2D eigenvalue weighted by molar-refractivity contribution is 1.24. The average Bonchev–Trinajstić information content (AvgIpc) is 0.803. The van der Waals surface area contributed by atoms with Crippen molar-refractivity contribution in [3.05, 3.63) is 526 Å². The molecular weight excluding hydrogens is 1480 g/mol. The van der Waals surface area contributed by atoms with E-state index in [1.807, 2.05) is 0 Å². The standard InChI is InChI=1S/C43H35N3.C41H32N2.C31H26N2/c1-34-22-24-39(25-23-34)46(42-30-26-40(27-31-42)44(35-14-6-2-7-15-35)36-16-8-3-9-17-36)43-32-28-41(29-33-43)45(37-18-10-4-11-19-37)38-20-12-5-13-21-38;1-31-16-23-38(24-17-31)42(36-12-4-2-5-13-36)39-25-18-33(19-26-39)34-20-27-40(28-21-34)43(37-14-6-3-7-15-37)41-29-22-32-10-8-9-11-35(32)30-41;1-25-17-19-29(20-18-25)33(28-15-9-4-10-16-28)31-23-21-30(22-24-31)32(26-11-5-2-6-12-26)27-13-7-3-8-14-27/h2-33H,1H3;2-30H,1H3;2-24H,1H3. The van der Waals surface area contributed by atoms with Gasteiger partial charge in [-0.15, -0.1) is 0 Å². The van der Waals surface area contributed by atoms with Crippen LogP contribution in [0.2, 0.25) is 0 Å². The summed E-state index contributed by atoms with van der Waals surface area (Å²) in [6.07, 6.45) is 0. The van der Waals surface area contributed by atoms with Crippen molar-refractivity contribution in [1.82, 2.24) is 0 Å². The van der Waals surface area contributed by atoms with Gasteiger partial charge in [0.05, 0.1) is 0 Å². The largest absolute Gasteiger partial charge is 0.311 e. The summed E-state index contributed by atoms with van der Waals surface area (Å²) in [5, 5.41) is 2.47. The summed E-state index contributed by atoms with van der Waals surface area (Å²) in [4.78, 5) is 16.1. The molecule has 0 heterocycles. The molecule has 0 aliphatic rings. The molecule has 0 bridgehead atoms. The molecule has 0 unspecified atom stereocenters. The topological polar surface area (TPSA) is 22.7 Å². The minimum absolute atomic E-state index is 1.09. The molecule has 0 radical (unpaired) electrons. The Kier molecular flexibility index (Phi) is 24.4. The molecule has 0 spiro atoms. The Morgan fingerprint density at radius 2 is 0.238 bits per heavy atom. The van der Waals surface area contributed by atoms with E-state index in [1.165, 1.54) is 38.6 Å². The van der Waals surface area contributed by atoms with E-state index >= 15 is 0 Å². The molecule has 0 fully saturated rings. The van der Waals surface area contributed by atoms with Crippen LogP contribution in [0.1, 0.15) is 16.7 Å². The number of rotatable bonds is 22. The molecular formula is C115H93N7. The van der Waals surface area contributed by atoms with E-state index in [4.69, 9.17) is 0 Å². The maximum Gasteiger partial charge on any atom is 0.0468 e. The van der Waals surface area contributed by atoms with Crippen LogP contribution in [-0.2, 0) is 0 Å². The highest BCUT2D eigenvalue weighted by Gasteiger charge is 2.22. The summed E-state index contributed by atoms with van der Waals surface area (Å²) in [6.45, 7) is 6.37.